The van der Waals surface area contributed by atoms with Crippen LogP contribution in [0.1, 0.15) is 5.69 Å². The van der Waals surface area contributed by atoms with Crippen LogP contribution in [-0.2, 0) is 11.3 Å². The van der Waals surface area contributed by atoms with Gasteiger partial charge in [-0.1, -0.05) is 0 Å². The van der Waals surface area contributed by atoms with E-state index in [1.165, 1.54) is 18.7 Å². The molecule has 0 aliphatic carbocycles. The quantitative estimate of drug-likeness (QED) is 0.939. The number of ether oxygens (including phenoxy) is 1. The molecule has 0 atom stereocenters. The van der Waals surface area contributed by atoms with Gasteiger partial charge in [-0.15, -0.1) is 0 Å². The lowest BCUT2D eigenvalue weighted by atomic mass is 10.2. The van der Waals surface area contributed by atoms with Crippen LogP contribution in [0.25, 0.3) is 11.5 Å². The number of carbonyl (C=O) groups is 1. The minimum atomic E-state index is -4.57. The number of alkyl carbamates (subject to hydrolysis) is 1. The number of nitrogens with one attached hydrogen (secondary N) is 1. The summed E-state index contributed by atoms with van der Waals surface area (Å²) < 4.78 is 44.8. The Kier molecular flexibility index (Phi) is 4.41. The van der Waals surface area contributed by atoms with Crippen LogP contribution in [0.15, 0.2) is 35.2 Å². The van der Waals surface area contributed by atoms with Gasteiger partial charge in [-0.05, 0) is 12.1 Å². The first-order chi connectivity index (χ1) is 9.96. The first-order valence-corrected chi connectivity index (χ1v) is 5.77. The fourth-order valence-electron chi connectivity index (χ4n) is 1.47. The van der Waals surface area contributed by atoms with Crippen LogP contribution in [0.3, 0.4) is 0 Å². The summed E-state index contributed by atoms with van der Waals surface area (Å²) in [7, 11) is 0. The highest BCUT2D eigenvalue weighted by Gasteiger charge is 2.29. The fourth-order valence-corrected chi connectivity index (χ4v) is 1.47. The zero-order valence-electron chi connectivity index (χ0n) is 10.6. The molecule has 0 saturated carbocycles. The molecule has 0 unspecified atom stereocenters. The predicted octanol–water partition coefficient (Wildman–Crippen LogP) is 2.53. The Bertz CT molecular complexity index is 599. The van der Waals surface area contributed by atoms with Crippen LogP contribution in [0.4, 0.5) is 18.0 Å². The van der Waals surface area contributed by atoms with E-state index in [4.69, 9.17) is 4.42 Å². The van der Waals surface area contributed by atoms with Crippen molar-refractivity contribution in [3.63, 3.8) is 0 Å². The minimum Gasteiger partial charge on any atom is -0.463 e. The fraction of sp³-hybridized carbons (Fsp3) is 0.250. The Morgan fingerprint density at radius 3 is 2.76 bits per heavy atom. The highest BCUT2D eigenvalue weighted by atomic mass is 19.4. The average molecular weight is 301 g/mol. The van der Waals surface area contributed by atoms with Gasteiger partial charge in [0.1, 0.15) is 5.69 Å². The van der Waals surface area contributed by atoms with Crippen molar-refractivity contribution in [1.82, 2.24) is 15.3 Å². The van der Waals surface area contributed by atoms with Gasteiger partial charge in [0.05, 0.1) is 18.5 Å². The highest BCUT2D eigenvalue weighted by molar-refractivity contribution is 5.67. The van der Waals surface area contributed by atoms with Crippen LogP contribution in [0.5, 0.6) is 0 Å². The number of nitrogens with zero attached hydrogens (tertiary/aromatic N) is 2. The van der Waals surface area contributed by atoms with E-state index in [-0.39, 0.29) is 6.54 Å². The van der Waals surface area contributed by atoms with Gasteiger partial charge in [0.2, 0.25) is 0 Å². The number of aromatic nitrogens is 2. The molecule has 0 spiro atoms. The van der Waals surface area contributed by atoms with Crippen molar-refractivity contribution in [2.24, 2.45) is 0 Å². The SMILES string of the molecule is O=C(NCc1nccnc1-c1ccco1)OCC(F)(F)F. The van der Waals surface area contributed by atoms with Crippen molar-refractivity contribution in [2.45, 2.75) is 12.7 Å². The Hall–Kier alpha value is -2.58. The lowest BCUT2D eigenvalue weighted by molar-refractivity contribution is -0.160. The molecule has 0 fully saturated rings. The van der Waals surface area contributed by atoms with Crippen molar-refractivity contribution in [3.05, 3.63) is 36.5 Å². The second-order valence-electron chi connectivity index (χ2n) is 3.87. The lowest BCUT2D eigenvalue weighted by Gasteiger charge is -2.09. The number of furan rings is 1. The Morgan fingerprint density at radius 1 is 1.33 bits per heavy atom. The lowest BCUT2D eigenvalue weighted by Crippen LogP contribution is -2.29. The number of halogens is 3. The second kappa shape index (κ2) is 6.25. The Labute approximate surface area is 117 Å². The van der Waals surface area contributed by atoms with Gasteiger partial charge in [0, 0.05) is 12.4 Å². The first kappa shape index (κ1) is 14.8. The van der Waals surface area contributed by atoms with Crippen molar-refractivity contribution in [3.8, 4) is 11.5 Å². The number of hydrogen-bond acceptors (Lipinski definition) is 5. The number of amides is 1. The molecule has 0 radical (unpaired) electrons. The maximum absolute atomic E-state index is 11.9. The number of hydrogen-bond donors (Lipinski definition) is 1. The van der Waals surface area contributed by atoms with Gasteiger partial charge in [0.15, 0.2) is 12.4 Å². The molecule has 2 aromatic rings. The highest BCUT2D eigenvalue weighted by Crippen LogP contribution is 2.19. The molecular weight excluding hydrogens is 291 g/mol. The molecular formula is C12H10F3N3O3. The predicted molar refractivity (Wildman–Crippen MR) is 64.0 cm³/mol. The standard InChI is InChI=1S/C12H10F3N3O3/c13-12(14,15)7-21-11(19)18-6-8-10(17-4-3-16-8)9-2-1-5-20-9/h1-5H,6-7H2,(H,18,19). The van der Waals surface area contributed by atoms with Crippen LogP contribution >= 0.6 is 0 Å². The molecule has 2 aromatic heterocycles. The van der Waals surface area contributed by atoms with Crippen molar-refractivity contribution in [2.75, 3.05) is 6.61 Å². The summed E-state index contributed by atoms with van der Waals surface area (Å²) in [6.07, 6.45) is -1.49. The summed E-state index contributed by atoms with van der Waals surface area (Å²) in [4.78, 5) is 19.2. The van der Waals surface area contributed by atoms with E-state index in [9.17, 15) is 18.0 Å². The van der Waals surface area contributed by atoms with Gasteiger partial charge in [-0.3, -0.25) is 4.98 Å². The van der Waals surface area contributed by atoms with Crippen molar-refractivity contribution in [1.29, 1.82) is 0 Å². The third-order valence-corrected chi connectivity index (χ3v) is 2.30. The zero-order valence-corrected chi connectivity index (χ0v) is 10.6. The molecule has 0 aliphatic heterocycles. The van der Waals surface area contributed by atoms with Crippen LogP contribution in [-0.4, -0.2) is 28.8 Å². The molecule has 1 N–H and O–H groups in total. The number of alkyl halides is 3. The Balaban J connectivity index is 1.96. The van der Waals surface area contributed by atoms with Crippen LogP contribution in [0, 0.1) is 0 Å². The molecule has 0 aliphatic rings. The normalized spacial score (nSPS) is 11.2. The maximum atomic E-state index is 11.9. The Morgan fingerprint density at radius 2 is 2.10 bits per heavy atom. The van der Waals surface area contributed by atoms with Gasteiger partial charge < -0.3 is 14.5 Å². The largest absolute Gasteiger partial charge is 0.463 e. The summed E-state index contributed by atoms with van der Waals surface area (Å²) in [5.41, 5.74) is 0.732. The van der Waals surface area contributed by atoms with E-state index >= 15 is 0 Å². The third kappa shape index (κ3) is 4.48. The van der Waals surface area contributed by atoms with E-state index < -0.39 is 18.9 Å². The monoisotopic (exact) mass is 301 g/mol. The van der Waals surface area contributed by atoms with Gasteiger partial charge >= 0.3 is 12.3 Å². The topological polar surface area (TPSA) is 77.3 Å². The van der Waals surface area contributed by atoms with Gasteiger partial charge in [-0.2, -0.15) is 13.2 Å². The summed E-state index contributed by atoms with van der Waals surface area (Å²) in [6, 6.07) is 3.30. The number of carbonyl (C=O) groups excluding carboxylic acids is 1. The van der Waals surface area contributed by atoms with E-state index in [1.54, 1.807) is 12.1 Å². The minimum absolute atomic E-state index is 0.138. The van der Waals surface area contributed by atoms with Crippen LogP contribution < -0.4 is 5.32 Å². The van der Waals surface area contributed by atoms with Gasteiger partial charge in [0.25, 0.3) is 0 Å². The summed E-state index contributed by atoms with van der Waals surface area (Å²) in [6.45, 7) is -1.79. The second-order valence-corrected chi connectivity index (χ2v) is 3.87. The van der Waals surface area contributed by atoms with E-state index in [0.717, 1.165) is 0 Å². The smallest absolute Gasteiger partial charge is 0.422 e. The average Bonchev–Trinajstić information content (AvgIpc) is 2.96. The molecule has 0 bridgehead atoms. The molecule has 9 heteroatoms. The summed E-state index contributed by atoms with van der Waals surface area (Å²) >= 11 is 0. The number of rotatable bonds is 4. The van der Waals surface area contributed by atoms with E-state index in [1.807, 2.05) is 0 Å². The molecule has 2 rings (SSSR count). The molecule has 1 amide bonds. The molecule has 21 heavy (non-hydrogen) atoms. The molecule has 6 nitrogen and oxygen atoms in total. The van der Waals surface area contributed by atoms with Gasteiger partial charge in [-0.25, -0.2) is 9.78 Å². The first-order valence-electron chi connectivity index (χ1n) is 5.77. The van der Waals surface area contributed by atoms with Crippen LogP contribution in [0.2, 0.25) is 0 Å². The molecule has 112 valence electrons. The molecule has 0 aromatic carbocycles. The van der Waals surface area contributed by atoms with E-state index in [0.29, 0.717) is 17.1 Å². The maximum Gasteiger partial charge on any atom is 0.422 e. The van der Waals surface area contributed by atoms with Crippen molar-refractivity contribution < 1.29 is 27.1 Å². The van der Waals surface area contributed by atoms with E-state index in [2.05, 4.69) is 20.0 Å². The zero-order chi connectivity index (χ0) is 15.3. The molecule has 0 saturated heterocycles. The molecule has 2 heterocycles. The third-order valence-electron chi connectivity index (χ3n) is 2.30. The summed E-state index contributed by atoms with van der Waals surface area (Å²) in [5, 5.41) is 2.17. The van der Waals surface area contributed by atoms with Crippen molar-refractivity contribution >= 4 is 6.09 Å². The summed E-state index contributed by atoms with van der Waals surface area (Å²) in [5.74, 6) is 0.434.